The molecular formula is C15H21BrN2O3. The van der Waals surface area contributed by atoms with Crippen LogP contribution in [0.25, 0.3) is 0 Å². The van der Waals surface area contributed by atoms with E-state index in [-0.39, 0.29) is 0 Å². The van der Waals surface area contributed by atoms with Crippen LogP contribution in [-0.2, 0) is 4.79 Å². The van der Waals surface area contributed by atoms with Crippen molar-refractivity contribution in [2.75, 3.05) is 5.32 Å². The number of hydrogen-bond acceptors (Lipinski definition) is 2. The van der Waals surface area contributed by atoms with Crippen LogP contribution < -0.4 is 10.6 Å². The van der Waals surface area contributed by atoms with Crippen molar-refractivity contribution >= 4 is 33.6 Å². The SMILES string of the molecule is Cc1cc(Br)ccc1NC(=O)NC(C)(C)C(C)(C)C(=O)O. The predicted octanol–water partition coefficient (Wildman–Crippen LogP) is 3.77. The number of carbonyl (C=O) groups excluding carboxylic acids is 1. The minimum Gasteiger partial charge on any atom is -0.481 e. The van der Waals surface area contributed by atoms with Gasteiger partial charge in [-0.15, -0.1) is 0 Å². The van der Waals surface area contributed by atoms with E-state index in [0.29, 0.717) is 5.69 Å². The zero-order chi connectivity index (χ0) is 16.4. The molecule has 0 aliphatic carbocycles. The maximum Gasteiger partial charge on any atom is 0.319 e. The maximum atomic E-state index is 12.1. The van der Waals surface area contributed by atoms with E-state index in [9.17, 15) is 14.7 Å². The van der Waals surface area contributed by atoms with Gasteiger partial charge in [-0.3, -0.25) is 4.79 Å². The summed E-state index contributed by atoms with van der Waals surface area (Å²) in [6.45, 7) is 8.43. The Balaban J connectivity index is 2.84. The first-order valence-electron chi connectivity index (χ1n) is 6.56. The second-order valence-corrected chi connectivity index (χ2v) is 7.01. The number of carbonyl (C=O) groups is 2. The van der Waals surface area contributed by atoms with Gasteiger partial charge in [0.1, 0.15) is 0 Å². The fourth-order valence-electron chi connectivity index (χ4n) is 1.63. The van der Waals surface area contributed by atoms with Gasteiger partial charge in [0, 0.05) is 10.2 Å². The number of halogens is 1. The van der Waals surface area contributed by atoms with E-state index in [1.165, 1.54) is 0 Å². The number of aryl methyl sites for hydroxylation is 1. The fraction of sp³-hybridized carbons (Fsp3) is 0.467. The monoisotopic (exact) mass is 356 g/mol. The van der Waals surface area contributed by atoms with Gasteiger partial charge in [0.05, 0.1) is 11.0 Å². The van der Waals surface area contributed by atoms with Crippen LogP contribution in [0.3, 0.4) is 0 Å². The molecule has 0 unspecified atom stereocenters. The fourth-order valence-corrected chi connectivity index (χ4v) is 2.10. The van der Waals surface area contributed by atoms with Gasteiger partial charge >= 0.3 is 12.0 Å². The minimum absolute atomic E-state index is 0.431. The first kappa shape index (κ1) is 17.5. The van der Waals surface area contributed by atoms with E-state index >= 15 is 0 Å². The number of carboxylic acids is 1. The predicted molar refractivity (Wildman–Crippen MR) is 86.5 cm³/mol. The van der Waals surface area contributed by atoms with Crippen LogP contribution in [-0.4, -0.2) is 22.6 Å². The Hall–Kier alpha value is -1.56. The molecule has 21 heavy (non-hydrogen) atoms. The third-order valence-corrected chi connectivity index (χ3v) is 4.45. The van der Waals surface area contributed by atoms with Gasteiger partial charge in [-0.25, -0.2) is 4.79 Å². The van der Waals surface area contributed by atoms with E-state index < -0.39 is 23.0 Å². The molecule has 0 saturated carbocycles. The summed E-state index contributed by atoms with van der Waals surface area (Å²) in [5.41, 5.74) is -0.417. The average Bonchev–Trinajstić information content (AvgIpc) is 2.31. The van der Waals surface area contributed by atoms with Gasteiger partial charge < -0.3 is 15.7 Å². The molecule has 2 amide bonds. The molecule has 6 heteroatoms. The Bertz CT molecular complexity index is 568. The zero-order valence-corrected chi connectivity index (χ0v) is 14.5. The van der Waals surface area contributed by atoms with Crippen LogP contribution in [0.4, 0.5) is 10.5 Å². The lowest BCUT2D eigenvalue weighted by molar-refractivity contribution is -0.150. The topological polar surface area (TPSA) is 78.4 Å². The van der Waals surface area contributed by atoms with Crippen LogP contribution >= 0.6 is 15.9 Å². The molecule has 3 N–H and O–H groups in total. The van der Waals surface area contributed by atoms with Crippen molar-refractivity contribution in [2.24, 2.45) is 5.41 Å². The second kappa shape index (κ2) is 6.05. The van der Waals surface area contributed by atoms with Gasteiger partial charge in [0.15, 0.2) is 0 Å². The van der Waals surface area contributed by atoms with E-state index in [1.807, 2.05) is 19.1 Å². The number of hydrogen-bond donors (Lipinski definition) is 3. The van der Waals surface area contributed by atoms with Crippen molar-refractivity contribution in [1.82, 2.24) is 5.32 Å². The third kappa shape index (κ3) is 3.97. The maximum absolute atomic E-state index is 12.1. The lowest BCUT2D eigenvalue weighted by Crippen LogP contribution is -2.57. The molecule has 0 aliphatic rings. The Labute approximate surface area is 133 Å². The van der Waals surface area contributed by atoms with Crippen LogP contribution in [0.15, 0.2) is 22.7 Å². The largest absolute Gasteiger partial charge is 0.481 e. The highest BCUT2D eigenvalue weighted by atomic mass is 79.9. The molecule has 0 fully saturated rings. The number of urea groups is 1. The van der Waals surface area contributed by atoms with Gasteiger partial charge in [-0.2, -0.15) is 0 Å². The number of aliphatic carboxylic acids is 1. The Kier molecular flexibility index (Phi) is 5.04. The molecule has 116 valence electrons. The first-order valence-corrected chi connectivity index (χ1v) is 7.35. The smallest absolute Gasteiger partial charge is 0.319 e. The number of rotatable bonds is 4. The number of anilines is 1. The van der Waals surface area contributed by atoms with Crippen LogP contribution in [0.1, 0.15) is 33.3 Å². The van der Waals surface area contributed by atoms with Crippen molar-refractivity contribution in [3.63, 3.8) is 0 Å². The molecule has 0 aromatic heterocycles. The summed E-state index contributed by atoms with van der Waals surface area (Å²) < 4.78 is 0.929. The third-order valence-electron chi connectivity index (χ3n) is 3.96. The van der Waals surface area contributed by atoms with E-state index in [0.717, 1.165) is 10.0 Å². The summed E-state index contributed by atoms with van der Waals surface area (Å²) in [6, 6.07) is 5.07. The number of benzene rings is 1. The molecule has 0 spiro atoms. The summed E-state index contributed by atoms with van der Waals surface area (Å²) >= 11 is 3.36. The second-order valence-electron chi connectivity index (χ2n) is 6.09. The standard InChI is InChI=1S/C15H21BrN2O3/c1-9-8-10(16)6-7-11(9)17-13(21)18-15(4,5)14(2,3)12(19)20/h6-8H,1-5H3,(H,19,20)(H2,17,18,21). The highest BCUT2D eigenvalue weighted by molar-refractivity contribution is 9.10. The lowest BCUT2D eigenvalue weighted by atomic mass is 9.74. The first-order chi connectivity index (χ1) is 9.47. The molecule has 0 heterocycles. The number of nitrogens with one attached hydrogen (secondary N) is 2. The Morgan fingerprint density at radius 2 is 1.76 bits per heavy atom. The van der Waals surface area contributed by atoms with E-state index in [1.54, 1.807) is 33.8 Å². The summed E-state index contributed by atoms with van der Waals surface area (Å²) in [4.78, 5) is 23.4. The van der Waals surface area contributed by atoms with Crippen LogP contribution in [0, 0.1) is 12.3 Å². The normalized spacial score (nSPS) is 11.9. The van der Waals surface area contributed by atoms with Crippen LogP contribution in [0.5, 0.6) is 0 Å². The molecule has 0 radical (unpaired) electrons. The summed E-state index contributed by atoms with van der Waals surface area (Å²) in [7, 11) is 0. The van der Waals surface area contributed by atoms with Crippen molar-refractivity contribution in [3.05, 3.63) is 28.2 Å². The molecule has 0 aliphatic heterocycles. The van der Waals surface area contributed by atoms with Gasteiger partial charge in [0.25, 0.3) is 0 Å². The number of amides is 2. The quantitative estimate of drug-likeness (QED) is 0.768. The highest BCUT2D eigenvalue weighted by Gasteiger charge is 2.44. The van der Waals surface area contributed by atoms with Crippen LogP contribution in [0.2, 0.25) is 0 Å². The van der Waals surface area contributed by atoms with Crippen molar-refractivity contribution in [3.8, 4) is 0 Å². The highest BCUT2D eigenvalue weighted by Crippen LogP contribution is 2.31. The molecule has 5 nitrogen and oxygen atoms in total. The minimum atomic E-state index is -1.10. The Morgan fingerprint density at radius 3 is 2.24 bits per heavy atom. The molecule has 0 atom stereocenters. The zero-order valence-electron chi connectivity index (χ0n) is 12.9. The van der Waals surface area contributed by atoms with E-state index in [2.05, 4.69) is 26.6 Å². The molecule has 1 rings (SSSR count). The molecule has 0 bridgehead atoms. The van der Waals surface area contributed by atoms with Crippen molar-refractivity contribution in [2.45, 2.75) is 40.2 Å². The average molecular weight is 357 g/mol. The summed E-state index contributed by atoms with van der Waals surface area (Å²) in [5, 5.41) is 14.7. The van der Waals surface area contributed by atoms with Gasteiger partial charge in [0.2, 0.25) is 0 Å². The van der Waals surface area contributed by atoms with Crippen molar-refractivity contribution < 1.29 is 14.7 Å². The lowest BCUT2D eigenvalue weighted by Gasteiger charge is -2.38. The summed E-state index contributed by atoms with van der Waals surface area (Å²) in [6.07, 6.45) is 0. The Morgan fingerprint density at radius 1 is 1.19 bits per heavy atom. The van der Waals surface area contributed by atoms with E-state index in [4.69, 9.17) is 0 Å². The molecular weight excluding hydrogens is 336 g/mol. The molecule has 0 saturated heterocycles. The van der Waals surface area contributed by atoms with Gasteiger partial charge in [-0.1, -0.05) is 15.9 Å². The molecule has 1 aromatic carbocycles. The van der Waals surface area contributed by atoms with Crippen molar-refractivity contribution in [1.29, 1.82) is 0 Å². The van der Waals surface area contributed by atoms with Gasteiger partial charge in [-0.05, 0) is 58.4 Å². The number of carboxylic acid groups (broad SMARTS) is 1. The summed E-state index contributed by atoms with van der Waals surface area (Å²) in [5.74, 6) is -0.965. The molecule has 1 aromatic rings.